The Morgan fingerprint density at radius 3 is 2.61 bits per heavy atom. The molecule has 0 bridgehead atoms. The van der Waals surface area contributed by atoms with Crippen LogP contribution in [0.1, 0.15) is 11.3 Å². The van der Waals surface area contributed by atoms with E-state index in [1.165, 1.54) is 17.4 Å². The van der Waals surface area contributed by atoms with Crippen molar-refractivity contribution in [2.24, 2.45) is 0 Å². The van der Waals surface area contributed by atoms with Gasteiger partial charge in [-0.1, -0.05) is 12.1 Å². The summed E-state index contributed by atoms with van der Waals surface area (Å²) in [6.45, 7) is 2.65. The monoisotopic (exact) mass is 476 g/mol. The molecule has 1 aromatic heterocycles. The van der Waals surface area contributed by atoms with Crippen molar-refractivity contribution in [3.63, 3.8) is 0 Å². The molecule has 1 amide bonds. The normalized spacial score (nSPS) is 14.3. The Kier molecular flexibility index (Phi) is 6.73. The third kappa shape index (κ3) is 5.75. The highest BCUT2D eigenvalue weighted by Crippen LogP contribution is 2.32. The second kappa shape index (κ2) is 9.70. The number of ether oxygens (including phenoxy) is 1. The van der Waals surface area contributed by atoms with E-state index in [1.807, 2.05) is 29.2 Å². The number of alkyl halides is 3. The number of carbonyl (C=O) groups excluding carboxylic acids is 1. The molecule has 33 heavy (non-hydrogen) atoms. The highest BCUT2D eigenvalue weighted by atomic mass is 32.1. The van der Waals surface area contributed by atoms with Gasteiger partial charge in [0.2, 0.25) is 5.91 Å². The summed E-state index contributed by atoms with van der Waals surface area (Å²) in [5.41, 5.74) is 1.22. The van der Waals surface area contributed by atoms with Gasteiger partial charge < -0.3 is 19.9 Å². The first-order valence-electron chi connectivity index (χ1n) is 10.4. The lowest BCUT2D eigenvalue weighted by Crippen LogP contribution is -2.49. The van der Waals surface area contributed by atoms with Crippen molar-refractivity contribution in [1.82, 2.24) is 9.88 Å². The van der Waals surface area contributed by atoms with Crippen LogP contribution in [0.15, 0.2) is 53.9 Å². The van der Waals surface area contributed by atoms with E-state index in [0.29, 0.717) is 29.6 Å². The number of thiazole rings is 1. The van der Waals surface area contributed by atoms with E-state index >= 15 is 0 Å². The average Bonchev–Trinajstić information content (AvgIpc) is 3.25. The Labute approximate surface area is 193 Å². The molecular formula is C23H23F3N4O2S. The molecule has 0 radical (unpaired) electrons. The second-order valence-electron chi connectivity index (χ2n) is 7.59. The number of nitrogens with one attached hydrogen (secondary N) is 1. The first-order chi connectivity index (χ1) is 15.8. The molecule has 1 aliphatic heterocycles. The van der Waals surface area contributed by atoms with Gasteiger partial charge in [0.1, 0.15) is 5.75 Å². The zero-order valence-corrected chi connectivity index (χ0v) is 18.7. The molecule has 3 aromatic rings. The molecule has 2 heterocycles. The van der Waals surface area contributed by atoms with Gasteiger partial charge in [-0.3, -0.25) is 4.79 Å². The standard InChI is InChI=1S/C23H23F3N4O2S/c1-32-20-7-3-6-19(14-20)29-8-10-30(11-9-29)21(31)13-18-15-33-22(28-18)27-17-5-2-4-16(12-17)23(24,25)26/h2-7,12,14-15H,8-11,13H2,1H3,(H,27,28). The maximum atomic E-state index is 12.9. The summed E-state index contributed by atoms with van der Waals surface area (Å²) in [6.07, 6.45) is -4.26. The zero-order valence-electron chi connectivity index (χ0n) is 17.9. The van der Waals surface area contributed by atoms with Crippen molar-refractivity contribution < 1.29 is 22.7 Å². The van der Waals surface area contributed by atoms with E-state index in [0.717, 1.165) is 36.7 Å². The average molecular weight is 477 g/mol. The number of nitrogens with zero attached hydrogens (tertiary/aromatic N) is 3. The Hall–Kier alpha value is -3.27. The first kappa shape index (κ1) is 22.9. The van der Waals surface area contributed by atoms with E-state index in [4.69, 9.17) is 4.74 Å². The summed E-state index contributed by atoms with van der Waals surface area (Å²) in [5.74, 6) is 0.778. The number of carbonyl (C=O) groups is 1. The van der Waals surface area contributed by atoms with Crippen LogP contribution in [0.2, 0.25) is 0 Å². The van der Waals surface area contributed by atoms with E-state index in [1.54, 1.807) is 18.6 Å². The third-order valence-electron chi connectivity index (χ3n) is 5.38. The Bertz CT molecular complexity index is 1110. The van der Waals surface area contributed by atoms with Gasteiger partial charge in [-0.05, 0) is 30.3 Å². The van der Waals surface area contributed by atoms with Gasteiger partial charge in [0.05, 0.1) is 24.8 Å². The van der Waals surface area contributed by atoms with Crippen LogP contribution in [0.4, 0.5) is 29.7 Å². The molecule has 6 nitrogen and oxygen atoms in total. The van der Waals surface area contributed by atoms with Crippen LogP contribution in [0.5, 0.6) is 5.75 Å². The molecule has 174 valence electrons. The smallest absolute Gasteiger partial charge is 0.416 e. The van der Waals surface area contributed by atoms with Gasteiger partial charge in [0.25, 0.3) is 0 Å². The van der Waals surface area contributed by atoms with Gasteiger partial charge in [-0.15, -0.1) is 11.3 Å². The van der Waals surface area contributed by atoms with E-state index in [9.17, 15) is 18.0 Å². The number of amides is 1. The van der Waals surface area contributed by atoms with Crippen molar-refractivity contribution in [2.45, 2.75) is 12.6 Å². The highest BCUT2D eigenvalue weighted by molar-refractivity contribution is 7.13. The molecule has 1 fully saturated rings. The number of aromatic nitrogens is 1. The van der Waals surface area contributed by atoms with E-state index < -0.39 is 11.7 Å². The summed E-state index contributed by atoms with van der Waals surface area (Å²) in [6, 6.07) is 12.8. The summed E-state index contributed by atoms with van der Waals surface area (Å²) < 4.78 is 44.0. The Morgan fingerprint density at radius 1 is 1.12 bits per heavy atom. The molecule has 0 unspecified atom stereocenters. The van der Waals surface area contributed by atoms with Crippen LogP contribution in [0, 0.1) is 0 Å². The molecule has 0 saturated carbocycles. The summed E-state index contributed by atoms with van der Waals surface area (Å²) in [4.78, 5) is 21.1. The van der Waals surface area contributed by atoms with Crippen molar-refractivity contribution in [2.75, 3.05) is 43.5 Å². The molecule has 0 atom stereocenters. The van der Waals surface area contributed by atoms with Crippen LogP contribution in [0.3, 0.4) is 0 Å². The number of benzene rings is 2. The van der Waals surface area contributed by atoms with Crippen LogP contribution in [0.25, 0.3) is 0 Å². The topological polar surface area (TPSA) is 57.7 Å². The maximum Gasteiger partial charge on any atom is 0.416 e. The lowest BCUT2D eigenvalue weighted by Gasteiger charge is -2.36. The van der Waals surface area contributed by atoms with Gasteiger partial charge in [0.15, 0.2) is 5.13 Å². The van der Waals surface area contributed by atoms with Crippen molar-refractivity contribution in [3.8, 4) is 5.75 Å². The number of hydrogen-bond donors (Lipinski definition) is 1. The number of piperazine rings is 1. The second-order valence-corrected chi connectivity index (χ2v) is 8.45. The number of hydrogen-bond acceptors (Lipinski definition) is 6. The Balaban J connectivity index is 1.31. The summed E-state index contributed by atoms with van der Waals surface area (Å²) in [5, 5.41) is 5.08. The maximum absolute atomic E-state index is 12.9. The first-order valence-corrected chi connectivity index (χ1v) is 11.3. The van der Waals surface area contributed by atoms with Gasteiger partial charge in [0, 0.05) is 49.0 Å². The summed E-state index contributed by atoms with van der Waals surface area (Å²) in [7, 11) is 1.63. The largest absolute Gasteiger partial charge is 0.497 e. The third-order valence-corrected chi connectivity index (χ3v) is 6.18. The van der Waals surface area contributed by atoms with Gasteiger partial charge >= 0.3 is 6.18 Å². The Morgan fingerprint density at radius 2 is 1.88 bits per heavy atom. The van der Waals surface area contributed by atoms with Crippen LogP contribution >= 0.6 is 11.3 Å². The molecule has 0 spiro atoms. The minimum Gasteiger partial charge on any atom is -0.497 e. The molecule has 10 heteroatoms. The molecule has 2 aromatic carbocycles. The minimum atomic E-state index is -4.41. The molecular weight excluding hydrogens is 453 g/mol. The van der Waals surface area contributed by atoms with Gasteiger partial charge in [-0.25, -0.2) is 4.98 Å². The fourth-order valence-electron chi connectivity index (χ4n) is 3.63. The fourth-order valence-corrected chi connectivity index (χ4v) is 4.36. The van der Waals surface area contributed by atoms with Crippen LogP contribution in [-0.4, -0.2) is 49.1 Å². The van der Waals surface area contributed by atoms with Crippen LogP contribution in [-0.2, 0) is 17.4 Å². The van der Waals surface area contributed by atoms with Crippen LogP contribution < -0.4 is 15.0 Å². The van der Waals surface area contributed by atoms with E-state index in [2.05, 4.69) is 15.2 Å². The molecule has 1 saturated heterocycles. The highest BCUT2D eigenvalue weighted by Gasteiger charge is 2.30. The van der Waals surface area contributed by atoms with Gasteiger partial charge in [-0.2, -0.15) is 13.2 Å². The fraction of sp³-hybridized carbons (Fsp3) is 0.304. The molecule has 1 N–H and O–H groups in total. The predicted molar refractivity (Wildman–Crippen MR) is 122 cm³/mol. The summed E-state index contributed by atoms with van der Waals surface area (Å²) >= 11 is 1.25. The SMILES string of the molecule is COc1cccc(N2CCN(C(=O)Cc3csc(Nc4cccc(C(F)(F)F)c4)n3)CC2)c1. The lowest BCUT2D eigenvalue weighted by molar-refractivity contribution is -0.137. The number of methoxy groups -OCH3 is 1. The molecule has 1 aliphatic rings. The molecule has 0 aliphatic carbocycles. The van der Waals surface area contributed by atoms with Crippen molar-refractivity contribution in [1.29, 1.82) is 0 Å². The van der Waals surface area contributed by atoms with Crippen molar-refractivity contribution in [3.05, 3.63) is 65.2 Å². The predicted octanol–water partition coefficient (Wildman–Crippen LogP) is 4.81. The van der Waals surface area contributed by atoms with E-state index in [-0.39, 0.29) is 12.3 Å². The lowest BCUT2D eigenvalue weighted by atomic mass is 10.2. The van der Waals surface area contributed by atoms with Crippen molar-refractivity contribution >= 4 is 33.8 Å². The quantitative estimate of drug-likeness (QED) is 0.554. The zero-order chi connectivity index (χ0) is 23.4. The number of halogens is 3. The molecule has 4 rings (SSSR count). The minimum absolute atomic E-state index is 0.0174. The number of rotatable bonds is 6. The number of anilines is 3.